The first-order valence-electron chi connectivity index (χ1n) is 6.03. The Labute approximate surface area is 120 Å². The molecular weight excluding hydrogens is 295 g/mol. The lowest BCUT2D eigenvalue weighted by atomic mass is 10.1. The van der Waals surface area contributed by atoms with Gasteiger partial charge in [0, 0.05) is 6.54 Å². The molecule has 0 aromatic heterocycles. The summed E-state index contributed by atoms with van der Waals surface area (Å²) in [5, 5.41) is 2.79. The SMILES string of the molecule is CCOC(=O)C(C)CNc1ccc(C(F)(F)F)cc1Cl. The second-order valence-electron chi connectivity index (χ2n) is 4.23. The van der Waals surface area contributed by atoms with Gasteiger partial charge < -0.3 is 10.1 Å². The summed E-state index contributed by atoms with van der Waals surface area (Å²) in [6, 6.07) is 3.02. The molecule has 0 saturated carbocycles. The van der Waals surface area contributed by atoms with E-state index in [2.05, 4.69) is 5.32 Å². The van der Waals surface area contributed by atoms with E-state index in [9.17, 15) is 18.0 Å². The monoisotopic (exact) mass is 309 g/mol. The molecule has 1 aromatic rings. The molecular formula is C13H15ClF3NO2. The highest BCUT2D eigenvalue weighted by atomic mass is 35.5. The molecule has 0 aliphatic carbocycles. The second-order valence-corrected chi connectivity index (χ2v) is 4.63. The van der Waals surface area contributed by atoms with Gasteiger partial charge in [0.2, 0.25) is 0 Å². The number of hydrogen-bond donors (Lipinski definition) is 1. The van der Waals surface area contributed by atoms with Crippen molar-refractivity contribution in [1.29, 1.82) is 0 Å². The minimum atomic E-state index is -4.43. The van der Waals surface area contributed by atoms with E-state index in [1.807, 2.05) is 0 Å². The number of halogens is 4. The topological polar surface area (TPSA) is 38.3 Å². The molecule has 0 amide bonds. The Morgan fingerprint density at radius 1 is 1.45 bits per heavy atom. The molecule has 0 saturated heterocycles. The molecule has 0 radical (unpaired) electrons. The fraction of sp³-hybridized carbons (Fsp3) is 0.462. The summed E-state index contributed by atoms with van der Waals surface area (Å²) in [6.07, 6.45) is -4.43. The number of nitrogens with one attached hydrogen (secondary N) is 1. The standard InChI is InChI=1S/C13H15ClF3NO2/c1-3-20-12(19)8(2)7-18-11-5-4-9(6-10(11)14)13(15,16)17/h4-6,8,18H,3,7H2,1-2H3. The number of anilines is 1. The Morgan fingerprint density at radius 3 is 2.60 bits per heavy atom. The van der Waals surface area contributed by atoms with E-state index in [0.717, 1.165) is 12.1 Å². The lowest BCUT2D eigenvalue weighted by Crippen LogP contribution is -2.22. The average Bonchev–Trinajstić information content (AvgIpc) is 2.36. The summed E-state index contributed by atoms with van der Waals surface area (Å²) in [7, 11) is 0. The van der Waals surface area contributed by atoms with Crippen molar-refractivity contribution in [3.8, 4) is 0 Å². The summed E-state index contributed by atoms with van der Waals surface area (Å²) < 4.78 is 42.2. The molecule has 20 heavy (non-hydrogen) atoms. The minimum Gasteiger partial charge on any atom is -0.466 e. The number of carbonyl (C=O) groups is 1. The molecule has 1 aromatic carbocycles. The van der Waals surface area contributed by atoms with Crippen LogP contribution in [-0.2, 0) is 15.7 Å². The lowest BCUT2D eigenvalue weighted by Gasteiger charge is -2.14. The highest BCUT2D eigenvalue weighted by Crippen LogP contribution is 2.33. The molecule has 0 fully saturated rings. The minimum absolute atomic E-state index is 0.0455. The van der Waals surface area contributed by atoms with Gasteiger partial charge >= 0.3 is 12.1 Å². The first-order valence-corrected chi connectivity index (χ1v) is 6.40. The van der Waals surface area contributed by atoms with Crippen LogP contribution in [0.2, 0.25) is 5.02 Å². The molecule has 1 rings (SSSR count). The number of esters is 1. The third kappa shape index (κ3) is 4.59. The Morgan fingerprint density at radius 2 is 2.10 bits per heavy atom. The maximum atomic E-state index is 12.5. The molecule has 3 nitrogen and oxygen atoms in total. The van der Waals surface area contributed by atoms with Crippen LogP contribution in [0.25, 0.3) is 0 Å². The van der Waals surface area contributed by atoms with Crippen molar-refractivity contribution < 1.29 is 22.7 Å². The van der Waals surface area contributed by atoms with Crippen LogP contribution in [0.4, 0.5) is 18.9 Å². The highest BCUT2D eigenvalue weighted by Gasteiger charge is 2.30. The normalized spacial score (nSPS) is 12.9. The smallest absolute Gasteiger partial charge is 0.416 e. The Bertz CT molecular complexity index is 477. The number of ether oxygens (including phenoxy) is 1. The fourth-order valence-corrected chi connectivity index (χ4v) is 1.71. The van der Waals surface area contributed by atoms with Crippen molar-refractivity contribution in [1.82, 2.24) is 0 Å². The van der Waals surface area contributed by atoms with Crippen LogP contribution in [0.5, 0.6) is 0 Å². The summed E-state index contributed by atoms with van der Waals surface area (Å²) in [4.78, 5) is 11.4. The predicted octanol–water partition coefficient (Wildman–Crippen LogP) is 3.97. The van der Waals surface area contributed by atoms with Gasteiger partial charge in [0.1, 0.15) is 0 Å². The van der Waals surface area contributed by atoms with Gasteiger partial charge in [0.15, 0.2) is 0 Å². The zero-order valence-electron chi connectivity index (χ0n) is 11.1. The average molecular weight is 310 g/mol. The zero-order valence-corrected chi connectivity index (χ0v) is 11.8. The third-order valence-electron chi connectivity index (χ3n) is 2.58. The third-order valence-corrected chi connectivity index (χ3v) is 2.90. The van der Waals surface area contributed by atoms with Gasteiger partial charge in [-0.05, 0) is 25.1 Å². The molecule has 112 valence electrons. The van der Waals surface area contributed by atoms with Crippen molar-refractivity contribution in [3.05, 3.63) is 28.8 Å². The molecule has 1 unspecified atom stereocenters. The molecule has 0 heterocycles. The lowest BCUT2D eigenvalue weighted by molar-refractivity contribution is -0.146. The van der Waals surface area contributed by atoms with E-state index in [0.29, 0.717) is 5.69 Å². The molecule has 7 heteroatoms. The number of rotatable bonds is 5. The van der Waals surface area contributed by atoms with E-state index in [4.69, 9.17) is 16.3 Å². The van der Waals surface area contributed by atoms with Crippen molar-refractivity contribution in [3.63, 3.8) is 0 Å². The van der Waals surface area contributed by atoms with E-state index >= 15 is 0 Å². The number of benzene rings is 1. The highest BCUT2D eigenvalue weighted by molar-refractivity contribution is 6.33. The van der Waals surface area contributed by atoms with E-state index in [1.165, 1.54) is 6.07 Å². The van der Waals surface area contributed by atoms with Crippen LogP contribution < -0.4 is 5.32 Å². The number of alkyl halides is 3. The Kier molecular flexibility index (Phi) is 5.68. The summed E-state index contributed by atoms with van der Waals surface area (Å²) >= 11 is 5.78. The van der Waals surface area contributed by atoms with Crippen LogP contribution in [0.1, 0.15) is 19.4 Å². The number of carbonyl (C=O) groups excluding carboxylic acids is 1. The fourth-order valence-electron chi connectivity index (χ4n) is 1.47. The van der Waals surface area contributed by atoms with Crippen molar-refractivity contribution >= 4 is 23.3 Å². The Hall–Kier alpha value is -1.43. The van der Waals surface area contributed by atoms with Gasteiger partial charge in [-0.1, -0.05) is 18.5 Å². The first kappa shape index (κ1) is 16.6. The van der Waals surface area contributed by atoms with Crippen LogP contribution in [-0.4, -0.2) is 19.1 Å². The summed E-state index contributed by atoms with van der Waals surface area (Å²) in [5.74, 6) is -0.795. The number of hydrogen-bond acceptors (Lipinski definition) is 3. The molecule has 1 atom stereocenters. The maximum Gasteiger partial charge on any atom is 0.416 e. The van der Waals surface area contributed by atoms with Gasteiger partial charge in [0.05, 0.1) is 28.8 Å². The van der Waals surface area contributed by atoms with E-state index in [-0.39, 0.29) is 24.1 Å². The molecule has 0 bridgehead atoms. The van der Waals surface area contributed by atoms with Crippen molar-refractivity contribution in [2.45, 2.75) is 20.0 Å². The first-order chi connectivity index (χ1) is 9.25. The van der Waals surface area contributed by atoms with Crippen LogP contribution >= 0.6 is 11.6 Å². The van der Waals surface area contributed by atoms with Gasteiger partial charge in [0.25, 0.3) is 0 Å². The summed E-state index contributed by atoms with van der Waals surface area (Å²) in [5.41, 5.74) is -0.470. The van der Waals surface area contributed by atoms with E-state index in [1.54, 1.807) is 13.8 Å². The van der Waals surface area contributed by atoms with Gasteiger partial charge in [-0.3, -0.25) is 4.79 Å². The molecule has 0 aliphatic heterocycles. The largest absolute Gasteiger partial charge is 0.466 e. The van der Waals surface area contributed by atoms with Crippen LogP contribution in [0.3, 0.4) is 0 Å². The van der Waals surface area contributed by atoms with Crippen LogP contribution in [0.15, 0.2) is 18.2 Å². The van der Waals surface area contributed by atoms with Gasteiger partial charge in [-0.15, -0.1) is 0 Å². The maximum absolute atomic E-state index is 12.5. The zero-order chi connectivity index (χ0) is 15.3. The van der Waals surface area contributed by atoms with Gasteiger partial charge in [-0.25, -0.2) is 0 Å². The molecule has 0 aliphatic rings. The Balaban J connectivity index is 2.68. The second kappa shape index (κ2) is 6.83. The predicted molar refractivity (Wildman–Crippen MR) is 70.7 cm³/mol. The van der Waals surface area contributed by atoms with E-state index < -0.39 is 17.7 Å². The molecule has 1 N–H and O–H groups in total. The van der Waals surface area contributed by atoms with Gasteiger partial charge in [-0.2, -0.15) is 13.2 Å². The quantitative estimate of drug-likeness (QED) is 0.836. The molecule has 0 spiro atoms. The van der Waals surface area contributed by atoms with Crippen LogP contribution in [0, 0.1) is 5.92 Å². The summed E-state index contributed by atoms with van der Waals surface area (Å²) in [6.45, 7) is 3.86. The van der Waals surface area contributed by atoms with Crippen molar-refractivity contribution in [2.24, 2.45) is 5.92 Å². The van der Waals surface area contributed by atoms with Crippen molar-refractivity contribution in [2.75, 3.05) is 18.5 Å².